The molecule has 0 radical (unpaired) electrons. The van der Waals surface area contributed by atoms with Crippen molar-refractivity contribution in [2.45, 2.75) is 44.7 Å². The summed E-state index contributed by atoms with van der Waals surface area (Å²) in [5.74, 6) is 0. The van der Waals surface area contributed by atoms with Gasteiger partial charge in [-0.1, -0.05) is 12.1 Å². The van der Waals surface area contributed by atoms with Crippen LogP contribution in [0.1, 0.15) is 37.7 Å². The summed E-state index contributed by atoms with van der Waals surface area (Å²) in [7, 11) is 0. The second-order valence-corrected chi connectivity index (χ2v) is 5.37. The number of anilines is 1. The number of hydrogen-bond acceptors (Lipinski definition) is 2. The minimum atomic E-state index is 0.803. The van der Waals surface area contributed by atoms with Crippen molar-refractivity contribution in [2.24, 2.45) is 0 Å². The molecule has 0 bridgehead atoms. The molecule has 17 heavy (non-hydrogen) atoms. The van der Waals surface area contributed by atoms with Gasteiger partial charge in [0.25, 0.3) is 0 Å². The maximum absolute atomic E-state index is 3.56. The summed E-state index contributed by atoms with van der Waals surface area (Å²) >= 11 is 0. The average Bonchev–Trinajstić information content (AvgIpc) is 3.22. The van der Waals surface area contributed by atoms with Crippen LogP contribution in [-0.4, -0.2) is 19.1 Å². The molecule has 2 aliphatic rings. The maximum atomic E-state index is 3.56. The topological polar surface area (TPSA) is 15.3 Å². The first-order valence-electron chi connectivity index (χ1n) is 6.99. The number of rotatable bonds is 4. The highest BCUT2D eigenvalue weighted by Crippen LogP contribution is 2.22. The van der Waals surface area contributed by atoms with Crippen LogP contribution in [0.25, 0.3) is 0 Å². The monoisotopic (exact) mass is 230 g/mol. The lowest BCUT2D eigenvalue weighted by Crippen LogP contribution is -2.29. The summed E-state index contributed by atoms with van der Waals surface area (Å²) < 4.78 is 0. The largest absolute Gasteiger partial charge is 0.372 e. The number of hydrogen-bond donors (Lipinski definition) is 1. The van der Waals surface area contributed by atoms with Crippen LogP contribution in [0, 0.1) is 0 Å². The van der Waals surface area contributed by atoms with Crippen molar-refractivity contribution in [3.8, 4) is 0 Å². The molecule has 2 fully saturated rings. The van der Waals surface area contributed by atoms with E-state index in [2.05, 4.69) is 34.5 Å². The Morgan fingerprint density at radius 3 is 2.35 bits per heavy atom. The third-order valence-electron chi connectivity index (χ3n) is 3.83. The Morgan fingerprint density at radius 2 is 1.71 bits per heavy atom. The van der Waals surface area contributed by atoms with E-state index in [0.717, 1.165) is 12.6 Å². The van der Waals surface area contributed by atoms with Gasteiger partial charge in [0.05, 0.1) is 0 Å². The van der Waals surface area contributed by atoms with Crippen molar-refractivity contribution in [1.29, 1.82) is 0 Å². The highest BCUT2D eigenvalue weighted by molar-refractivity contribution is 5.47. The number of nitrogens with zero attached hydrogens (tertiary/aromatic N) is 1. The van der Waals surface area contributed by atoms with Crippen LogP contribution >= 0.6 is 0 Å². The zero-order chi connectivity index (χ0) is 11.5. The molecule has 1 aromatic carbocycles. The third-order valence-corrected chi connectivity index (χ3v) is 3.83. The molecule has 3 rings (SSSR count). The molecule has 0 unspecified atom stereocenters. The van der Waals surface area contributed by atoms with E-state index in [-0.39, 0.29) is 0 Å². The van der Waals surface area contributed by atoms with E-state index in [0.29, 0.717) is 0 Å². The lowest BCUT2D eigenvalue weighted by molar-refractivity contribution is 0.578. The van der Waals surface area contributed by atoms with Crippen LogP contribution in [0.3, 0.4) is 0 Å². The van der Waals surface area contributed by atoms with E-state index in [4.69, 9.17) is 0 Å². The molecule has 0 amide bonds. The first kappa shape index (κ1) is 11.1. The fraction of sp³-hybridized carbons (Fsp3) is 0.600. The van der Waals surface area contributed by atoms with Crippen molar-refractivity contribution < 1.29 is 0 Å². The molecule has 0 spiro atoms. The van der Waals surface area contributed by atoms with Crippen LogP contribution in [-0.2, 0) is 6.54 Å². The van der Waals surface area contributed by atoms with Crippen LogP contribution in [0.2, 0.25) is 0 Å². The molecule has 0 atom stereocenters. The lowest BCUT2D eigenvalue weighted by atomic mass is 10.1. The standard InChI is InChI=1S/C15H22N2/c1-2-10-17(11-3-1)15-8-4-13(5-9-15)12-16-14-6-7-14/h4-5,8-9,14,16H,1-3,6-7,10-12H2. The minimum absolute atomic E-state index is 0.803. The molecular formula is C15H22N2. The zero-order valence-electron chi connectivity index (χ0n) is 10.5. The van der Waals surface area contributed by atoms with E-state index in [1.54, 1.807) is 0 Å². The summed E-state index contributed by atoms with van der Waals surface area (Å²) in [4.78, 5) is 2.52. The van der Waals surface area contributed by atoms with Gasteiger partial charge >= 0.3 is 0 Å². The summed E-state index contributed by atoms with van der Waals surface area (Å²) in [6.45, 7) is 3.50. The van der Waals surface area contributed by atoms with Crippen molar-refractivity contribution >= 4 is 5.69 Å². The van der Waals surface area contributed by atoms with E-state index >= 15 is 0 Å². The Bertz CT molecular complexity index is 348. The molecule has 1 aromatic rings. The predicted octanol–water partition coefficient (Wildman–Crippen LogP) is 2.93. The smallest absolute Gasteiger partial charge is 0.0366 e. The zero-order valence-corrected chi connectivity index (χ0v) is 10.5. The van der Waals surface area contributed by atoms with Crippen LogP contribution in [0.4, 0.5) is 5.69 Å². The lowest BCUT2D eigenvalue weighted by Gasteiger charge is -2.28. The van der Waals surface area contributed by atoms with Crippen molar-refractivity contribution in [3.05, 3.63) is 29.8 Å². The van der Waals surface area contributed by atoms with Gasteiger partial charge in [0, 0.05) is 31.4 Å². The molecule has 2 heteroatoms. The molecule has 2 nitrogen and oxygen atoms in total. The van der Waals surface area contributed by atoms with E-state index in [1.807, 2.05) is 0 Å². The summed E-state index contributed by atoms with van der Waals surface area (Å²) in [5.41, 5.74) is 2.82. The molecule has 1 saturated heterocycles. The SMILES string of the molecule is c1cc(N2CCCCC2)ccc1CNC1CC1. The minimum Gasteiger partial charge on any atom is -0.372 e. The summed E-state index contributed by atoms with van der Waals surface area (Å²) in [6.07, 6.45) is 6.84. The van der Waals surface area contributed by atoms with Gasteiger partial charge in [-0.2, -0.15) is 0 Å². The number of piperidine rings is 1. The Morgan fingerprint density at radius 1 is 1.00 bits per heavy atom. The second-order valence-electron chi connectivity index (χ2n) is 5.37. The summed E-state index contributed by atoms with van der Waals surface area (Å²) in [5, 5.41) is 3.56. The van der Waals surface area contributed by atoms with Crippen molar-refractivity contribution in [2.75, 3.05) is 18.0 Å². The summed E-state index contributed by atoms with van der Waals surface area (Å²) in [6, 6.07) is 9.93. The molecule has 1 saturated carbocycles. The van der Waals surface area contributed by atoms with E-state index in [1.165, 1.54) is 56.4 Å². The van der Waals surface area contributed by atoms with Gasteiger partial charge in [0.15, 0.2) is 0 Å². The molecule has 1 aliphatic carbocycles. The molecule has 1 heterocycles. The number of benzene rings is 1. The molecule has 1 N–H and O–H groups in total. The Hall–Kier alpha value is -1.02. The molecule has 0 aromatic heterocycles. The average molecular weight is 230 g/mol. The maximum Gasteiger partial charge on any atom is 0.0366 e. The van der Waals surface area contributed by atoms with Gasteiger partial charge in [0.1, 0.15) is 0 Å². The van der Waals surface area contributed by atoms with Crippen LogP contribution < -0.4 is 10.2 Å². The van der Waals surface area contributed by atoms with Gasteiger partial charge in [0.2, 0.25) is 0 Å². The van der Waals surface area contributed by atoms with Crippen molar-refractivity contribution in [1.82, 2.24) is 5.32 Å². The molecule has 92 valence electrons. The highest BCUT2D eigenvalue weighted by atomic mass is 15.1. The Balaban J connectivity index is 1.58. The third kappa shape index (κ3) is 3.01. The first-order chi connectivity index (χ1) is 8.42. The normalized spacial score (nSPS) is 20.6. The van der Waals surface area contributed by atoms with Gasteiger partial charge in [-0.25, -0.2) is 0 Å². The number of nitrogens with one attached hydrogen (secondary N) is 1. The van der Waals surface area contributed by atoms with Gasteiger partial charge < -0.3 is 10.2 Å². The Labute approximate surface area is 104 Å². The van der Waals surface area contributed by atoms with Gasteiger partial charge in [-0.3, -0.25) is 0 Å². The van der Waals surface area contributed by atoms with E-state index < -0.39 is 0 Å². The van der Waals surface area contributed by atoms with Gasteiger partial charge in [-0.15, -0.1) is 0 Å². The van der Waals surface area contributed by atoms with Crippen molar-refractivity contribution in [3.63, 3.8) is 0 Å². The molecule has 1 aliphatic heterocycles. The van der Waals surface area contributed by atoms with Gasteiger partial charge in [-0.05, 0) is 49.8 Å². The molecular weight excluding hydrogens is 208 g/mol. The highest BCUT2D eigenvalue weighted by Gasteiger charge is 2.19. The fourth-order valence-corrected chi connectivity index (χ4v) is 2.53. The van der Waals surface area contributed by atoms with Crippen LogP contribution in [0.15, 0.2) is 24.3 Å². The first-order valence-corrected chi connectivity index (χ1v) is 6.99. The Kier molecular flexibility index (Phi) is 3.32. The van der Waals surface area contributed by atoms with Crippen LogP contribution in [0.5, 0.6) is 0 Å². The fourth-order valence-electron chi connectivity index (χ4n) is 2.53. The predicted molar refractivity (Wildman–Crippen MR) is 72.4 cm³/mol. The quantitative estimate of drug-likeness (QED) is 0.855. The second kappa shape index (κ2) is 5.09. The van der Waals surface area contributed by atoms with E-state index in [9.17, 15) is 0 Å².